The summed E-state index contributed by atoms with van der Waals surface area (Å²) in [5, 5.41) is 8.66. The van der Waals surface area contributed by atoms with Gasteiger partial charge in [0.15, 0.2) is 0 Å². The summed E-state index contributed by atoms with van der Waals surface area (Å²) >= 11 is 0. The number of rotatable bonds is 7. The van der Waals surface area contributed by atoms with Gasteiger partial charge in [-0.25, -0.2) is 0 Å². The molecule has 0 saturated heterocycles. The predicted molar refractivity (Wildman–Crippen MR) is 54.2 cm³/mol. The van der Waals surface area contributed by atoms with Crippen molar-refractivity contribution in [3.8, 4) is 0 Å². The van der Waals surface area contributed by atoms with Crippen LogP contribution >= 0.6 is 0 Å². The van der Waals surface area contributed by atoms with Crippen molar-refractivity contribution in [3.05, 3.63) is 0 Å². The lowest BCUT2D eigenvalue weighted by molar-refractivity contribution is 0.262. The zero-order valence-corrected chi connectivity index (χ0v) is 8.84. The van der Waals surface area contributed by atoms with Gasteiger partial charge in [0.2, 0.25) is 0 Å². The van der Waals surface area contributed by atoms with E-state index in [2.05, 4.69) is 20.8 Å². The van der Waals surface area contributed by atoms with Gasteiger partial charge in [0.05, 0.1) is 0 Å². The second-order valence-electron chi connectivity index (χ2n) is 3.89. The lowest BCUT2D eigenvalue weighted by atomic mass is 9.89. The van der Waals surface area contributed by atoms with Gasteiger partial charge in [-0.05, 0) is 31.1 Å². The molecule has 0 heterocycles. The van der Waals surface area contributed by atoms with Gasteiger partial charge in [0.25, 0.3) is 0 Å². The first-order valence-electron chi connectivity index (χ1n) is 5.35. The van der Waals surface area contributed by atoms with Gasteiger partial charge in [0.1, 0.15) is 0 Å². The van der Waals surface area contributed by atoms with Crippen molar-refractivity contribution in [2.75, 3.05) is 6.61 Å². The molecule has 1 unspecified atom stereocenters. The first kappa shape index (κ1) is 12.0. The van der Waals surface area contributed by atoms with Crippen LogP contribution in [-0.4, -0.2) is 11.7 Å². The summed E-state index contributed by atoms with van der Waals surface area (Å²) in [6.45, 7) is 7.20. The van der Waals surface area contributed by atoms with Crippen LogP contribution < -0.4 is 0 Å². The Morgan fingerprint density at radius 3 is 2.17 bits per heavy atom. The van der Waals surface area contributed by atoms with E-state index in [4.69, 9.17) is 5.11 Å². The van der Waals surface area contributed by atoms with E-state index >= 15 is 0 Å². The third-order valence-electron chi connectivity index (χ3n) is 2.75. The maximum absolute atomic E-state index is 8.66. The Hall–Kier alpha value is -0.0400. The standard InChI is InChI=1S/C11H24O/c1-4-11(5-2)9-10(3)7-6-8-12/h10-12H,4-9H2,1-3H3. The Labute approximate surface area is 77.2 Å². The Bertz CT molecular complexity index is 87.0. The number of aliphatic hydroxyl groups is 1. The highest BCUT2D eigenvalue weighted by atomic mass is 16.2. The van der Waals surface area contributed by atoms with E-state index < -0.39 is 0 Å². The number of hydrogen-bond acceptors (Lipinski definition) is 1. The van der Waals surface area contributed by atoms with Crippen LogP contribution in [0.2, 0.25) is 0 Å². The van der Waals surface area contributed by atoms with Gasteiger partial charge < -0.3 is 5.11 Å². The lowest BCUT2D eigenvalue weighted by Crippen LogP contribution is -2.05. The zero-order chi connectivity index (χ0) is 9.40. The van der Waals surface area contributed by atoms with Crippen molar-refractivity contribution in [1.29, 1.82) is 0 Å². The highest BCUT2D eigenvalue weighted by Crippen LogP contribution is 2.21. The lowest BCUT2D eigenvalue weighted by Gasteiger charge is -2.17. The monoisotopic (exact) mass is 172 g/mol. The first-order valence-corrected chi connectivity index (χ1v) is 5.35. The molecule has 0 aromatic rings. The van der Waals surface area contributed by atoms with E-state index in [0.717, 1.165) is 18.3 Å². The van der Waals surface area contributed by atoms with Gasteiger partial charge in [0, 0.05) is 6.61 Å². The molecule has 0 spiro atoms. The third-order valence-corrected chi connectivity index (χ3v) is 2.75. The smallest absolute Gasteiger partial charge is 0.0431 e. The van der Waals surface area contributed by atoms with Crippen LogP contribution in [0.25, 0.3) is 0 Å². The summed E-state index contributed by atoms with van der Waals surface area (Å²) in [6, 6.07) is 0. The second-order valence-corrected chi connectivity index (χ2v) is 3.89. The normalized spacial score (nSPS) is 13.8. The molecule has 0 bridgehead atoms. The van der Waals surface area contributed by atoms with Gasteiger partial charge in [-0.3, -0.25) is 0 Å². The molecule has 1 nitrogen and oxygen atoms in total. The molecule has 0 aliphatic heterocycles. The highest BCUT2D eigenvalue weighted by molar-refractivity contribution is 4.61. The van der Waals surface area contributed by atoms with Gasteiger partial charge >= 0.3 is 0 Å². The van der Waals surface area contributed by atoms with Gasteiger partial charge in [-0.2, -0.15) is 0 Å². The number of hydrogen-bond donors (Lipinski definition) is 1. The number of aliphatic hydroxyl groups excluding tert-OH is 1. The molecule has 0 fully saturated rings. The zero-order valence-electron chi connectivity index (χ0n) is 8.84. The third kappa shape index (κ3) is 5.59. The summed E-state index contributed by atoms with van der Waals surface area (Å²) in [4.78, 5) is 0. The summed E-state index contributed by atoms with van der Waals surface area (Å²) in [6.07, 6.45) is 6.11. The van der Waals surface area contributed by atoms with Crippen LogP contribution in [0, 0.1) is 11.8 Å². The summed E-state index contributed by atoms with van der Waals surface area (Å²) in [5.41, 5.74) is 0. The Kier molecular flexibility index (Phi) is 7.58. The minimum absolute atomic E-state index is 0.354. The molecule has 0 aromatic heterocycles. The summed E-state index contributed by atoms with van der Waals surface area (Å²) < 4.78 is 0. The van der Waals surface area contributed by atoms with Crippen molar-refractivity contribution in [2.24, 2.45) is 11.8 Å². The molecule has 12 heavy (non-hydrogen) atoms. The second kappa shape index (κ2) is 7.60. The van der Waals surface area contributed by atoms with Crippen molar-refractivity contribution in [1.82, 2.24) is 0 Å². The molecule has 1 heteroatoms. The average Bonchev–Trinajstić information content (AvgIpc) is 2.10. The molecule has 74 valence electrons. The van der Waals surface area contributed by atoms with Crippen molar-refractivity contribution in [3.63, 3.8) is 0 Å². The summed E-state index contributed by atoms with van der Waals surface area (Å²) in [5.74, 6) is 1.70. The van der Waals surface area contributed by atoms with Crippen LogP contribution in [-0.2, 0) is 0 Å². The molecule has 0 saturated carbocycles. The molecule has 0 radical (unpaired) electrons. The predicted octanol–water partition coefficient (Wildman–Crippen LogP) is 3.22. The van der Waals surface area contributed by atoms with E-state index in [9.17, 15) is 0 Å². The van der Waals surface area contributed by atoms with E-state index in [1.54, 1.807) is 0 Å². The quantitative estimate of drug-likeness (QED) is 0.625. The molecule has 0 aliphatic rings. The molecule has 0 aromatic carbocycles. The maximum Gasteiger partial charge on any atom is 0.0431 e. The minimum atomic E-state index is 0.354. The maximum atomic E-state index is 8.66. The van der Waals surface area contributed by atoms with Crippen LogP contribution in [0.1, 0.15) is 52.9 Å². The fraction of sp³-hybridized carbons (Fsp3) is 1.00. The van der Waals surface area contributed by atoms with E-state index in [1.165, 1.54) is 25.7 Å². The van der Waals surface area contributed by atoms with Crippen LogP contribution in [0.3, 0.4) is 0 Å². The van der Waals surface area contributed by atoms with E-state index in [0.29, 0.717) is 6.61 Å². The Morgan fingerprint density at radius 1 is 1.17 bits per heavy atom. The molecule has 0 amide bonds. The van der Waals surface area contributed by atoms with E-state index in [1.807, 2.05) is 0 Å². The van der Waals surface area contributed by atoms with Crippen molar-refractivity contribution in [2.45, 2.75) is 52.9 Å². The van der Waals surface area contributed by atoms with Crippen LogP contribution in [0.15, 0.2) is 0 Å². The molecule has 0 aliphatic carbocycles. The average molecular weight is 172 g/mol. The Morgan fingerprint density at radius 2 is 1.75 bits per heavy atom. The van der Waals surface area contributed by atoms with E-state index in [-0.39, 0.29) is 0 Å². The largest absolute Gasteiger partial charge is 0.396 e. The topological polar surface area (TPSA) is 20.2 Å². The molecular formula is C11H24O. The fourth-order valence-corrected chi connectivity index (χ4v) is 1.75. The fourth-order valence-electron chi connectivity index (χ4n) is 1.75. The molecule has 1 N–H and O–H groups in total. The van der Waals surface area contributed by atoms with Crippen molar-refractivity contribution >= 4 is 0 Å². The Balaban J connectivity index is 3.44. The minimum Gasteiger partial charge on any atom is -0.396 e. The first-order chi connectivity index (χ1) is 5.74. The van der Waals surface area contributed by atoms with Crippen LogP contribution in [0.5, 0.6) is 0 Å². The molecule has 1 atom stereocenters. The highest BCUT2D eigenvalue weighted by Gasteiger charge is 2.08. The molecular weight excluding hydrogens is 148 g/mol. The summed E-state index contributed by atoms with van der Waals surface area (Å²) in [7, 11) is 0. The SMILES string of the molecule is CCC(CC)CC(C)CCCO. The van der Waals surface area contributed by atoms with Gasteiger partial charge in [-0.1, -0.05) is 33.6 Å². The van der Waals surface area contributed by atoms with Gasteiger partial charge in [-0.15, -0.1) is 0 Å². The van der Waals surface area contributed by atoms with Crippen molar-refractivity contribution < 1.29 is 5.11 Å². The van der Waals surface area contributed by atoms with Crippen LogP contribution in [0.4, 0.5) is 0 Å². The molecule has 0 rings (SSSR count).